The average Bonchev–Trinajstić information content (AvgIpc) is 2.71. The number of aliphatic carboxylic acids is 1. The van der Waals surface area contributed by atoms with Crippen LogP contribution in [0.3, 0.4) is 0 Å². The number of pyridine rings is 1. The van der Waals surface area contributed by atoms with Gasteiger partial charge in [-0.05, 0) is 37.3 Å². The quantitative estimate of drug-likeness (QED) is 0.809. The summed E-state index contributed by atoms with van der Waals surface area (Å²) < 4.78 is 5.72. The number of hydrogen-bond donors (Lipinski definition) is 1. The van der Waals surface area contributed by atoms with E-state index >= 15 is 0 Å². The molecule has 1 saturated heterocycles. The van der Waals surface area contributed by atoms with Gasteiger partial charge in [0.15, 0.2) is 0 Å². The van der Waals surface area contributed by atoms with Gasteiger partial charge in [0.2, 0.25) is 5.88 Å². The Bertz CT molecular complexity index is 779. The van der Waals surface area contributed by atoms with E-state index in [1.54, 1.807) is 18.3 Å². The fourth-order valence-corrected chi connectivity index (χ4v) is 3.38. The van der Waals surface area contributed by atoms with Crippen molar-refractivity contribution in [3.63, 3.8) is 0 Å². The summed E-state index contributed by atoms with van der Waals surface area (Å²) >= 11 is 0. The molecule has 0 aliphatic carbocycles. The van der Waals surface area contributed by atoms with Crippen LogP contribution in [-0.4, -0.2) is 39.5 Å². The molecule has 1 unspecified atom stereocenters. The largest absolute Gasteiger partial charge is 0.481 e. The fourth-order valence-electron chi connectivity index (χ4n) is 3.38. The third kappa shape index (κ3) is 5.29. The molecular weight excluding hydrogens is 344 g/mol. The highest BCUT2D eigenvalue weighted by Crippen LogP contribution is 2.24. The minimum atomic E-state index is -0.825. The number of carbonyl (C=O) groups excluding carboxylic acids is 1. The minimum absolute atomic E-state index is 0.0239. The smallest absolute Gasteiger partial charge is 0.303 e. The first kappa shape index (κ1) is 18.9. The van der Waals surface area contributed by atoms with Gasteiger partial charge in [-0.25, -0.2) is 4.98 Å². The lowest BCUT2D eigenvalue weighted by atomic mass is 9.97. The van der Waals surface area contributed by atoms with Crippen molar-refractivity contribution in [2.75, 3.05) is 6.54 Å². The second-order valence-corrected chi connectivity index (χ2v) is 6.74. The second-order valence-electron chi connectivity index (χ2n) is 6.74. The zero-order valence-corrected chi connectivity index (χ0v) is 15.2. The molecule has 6 heteroatoms. The van der Waals surface area contributed by atoms with Crippen molar-refractivity contribution in [3.05, 3.63) is 59.8 Å². The van der Waals surface area contributed by atoms with Gasteiger partial charge in [0.1, 0.15) is 6.61 Å². The van der Waals surface area contributed by atoms with Gasteiger partial charge in [0.05, 0.1) is 0 Å². The Hall–Kier alpha value is -2.89. The summed E-state index contributed by atoms with van der Waals surface area (Å²) in [6.45, 7) is 1.04. The highest BCUT2D eigenvalue weighted by atomic mass is 16.5. The highest BCUT2D eigenvalue weighted by molar-refractivity contribution is 5.94. The molecule has 1 amide bonds. The van der Waals surface area contributed by atoms with Crippen molar-refractivity contribution in [2.24, 2.45) is 0 Å². The van der Waals surface area contributed by atoms with Crippen molar-refractivity contribution >= 4 is 11.9 Å². The Morgan fingerprint density at radius 3 is 2.78 bits per heavy atom. The summed E-state index contributed by atoms with van der Waals surface area (Å²) in [4.78, 5) is 29.9. The first-order valence-corrected chi connectivity index (χ1v) is 9.29. The number of amides is 1. The van der Waals surface area contributed by atoms with Crippen LogP contribution in [0.1, 0.15) is 48.0 Å². The van der Waals surface area contributed by atoms with Crippen molar-refractivity contribution in [1.29, 1.82) is 0 Å². The molecule has 1 aliphatic heterocycles. The summed E-state index contributed by atoms with van der Waals surface area (Å²) in [5, 5.41) is 8.95. The van der Waals surface area contributed by atoms with E-state index in [1.165, 1.54) is 0 Å². The summed E-state index contributed by atoms with van der Waals surface area (Å²) in [5.41, 5.74) is 1.55. The number of ether oxygens (including phenoxy) is 1. The van der Waals surface area contributed by atoms with Gasteiger partial charge in [-0.2, -0.15) is 0 Å². The van der Waals surface area contributed by atoms with Crippen molar-refractivity contribution < 1.29 is 19.4 Å². The maximum Gasteiger partial charge on any atom is 0.303 e. The van der Waals surface area contributed by atoms with E-state index in [2.05, 4.69) is 4.98 Å². The molecule has 1 aromatic heterocycles. The number of carboxylic acid groups (broad SMARTS) is 1. The molecule has 142 valence electrons. The third-order valence-corrected chi connectivity index (χ3v) is 4.79. The normalized spacial score (nSPS) is 16.7. The van der Waals surface area contributed by atoms with Gasteiger partial charge in [0.25, 0.3) is 5.91 Å². The summed E-state index contributed by atoms with van der Waals surface area (Å²) in [6.07, 6.45) is 4.96. The van der Waals surface area contributed by atoms with Gasteiger partial charge in [-0.15, -0.1) is 0 Å². The van der Waals surface area contributed by atoms with Gasteiger partial charge in [-0.1, -0.05) is 30.3 Å². The number of rotatable bonds is 7. The number of likely N-dealkylation sites (tertiary alicyclic amines) is 1. The number of hydrogen-bond acceptors (Lipinski definition) is 4. The zero-order chi connectivity index (χ0) is 19.1. The Morgan fingerprint density at radius 1 is 1.19 bits per heavy atom. The molecule has 2 heterocycles. The molecule has 27 heavy (non-hydrogen) atoms. The first-order valence-electron chi connectivity index (χ1n) is 9.29. The van der Waals surface area contributed by atoms with E-state index in [9.17, 15) is 9.59 Å². The summed E-state index contributed by atoms with van der Waals surface area (Å²) in [7, 11) is 0. The van der Waals surface area contributed by atoms with E-state index in [4.69, 9.17) is 9.84 Å². The molecule has 1 atom stereocenters. The molecule has 1 fully saturated rings. The van der Waals surface area contributed by atoms with Crippen molar-refractivity contribution in [2.45, 2.75) is 44.8 Å². The molecule has 0 bridgehead atoms. The Balaban J connectivity index is 1.67. The van der Waals surface area contributed by atoms with Gasteiger partial charge in [0, 0.05) is 36.8 Å². The molecule has 1 aromatic carbocycles. The van der Waals surface area contributed by atoms with Crippen LogP contribution < -0.4 is 4.74 Å². The predicted octanol–water partition coefficient (Wildman–Crippen LogP) is 3.52. The van der Waals surface area contributed by atoms with Crippen LogP contribution in [0.25, 0.3) is 0 Å². The molecule has 0 saturated carbocycles. The van der Waals surface area contributed by atoms with E-state index in [0.717, 1.165) is 24.8 Å². The molecule has 0 spiro atoms. The van der Waals surface area contributed by atoms with Gasteiger partial charge < -0.3 is 14.7 Å². The topological polar surface area (TPSA) is 79.7 Å². The number of carbonyl (C=O) groups is 2. The highest BCUT2D eigenvalue weighted by Gasteiger charge is 2.28. The predicted molar refractivity (Wildman–Crippen MR) is 101 cm³/mol. The lowest BCUT2D eigenvalue weighted by molar-refractivity contribution is -0.137. The standard InChI is InChI=1S/C21H24N2O4/c24-20(25)10-9-18-8-4-5-13-23(18)21(26)17-11-12-22-19(14-17)27-15-16-6-2-1-3-7-16/h1-3,6-7,11-12,14,18H,4-5,8-10,13,15H2,(H,24,25). The van der Waals surface area contributed by atoms with E-state index in [0.29, 0.717) is 31.0 Å². The van der Waals surface area contributed by atoms with E-state index in [1.807, 2.05) is 35.2 Å². The molecule has 3 rings (SSSR count). The maximum atomic E-state index is 13.0. The number of piperidine rings is 1. The number of aromatic nitrogens is 1. The minimum Gasteiger partial charge on any atom is -0.481 e. The summed E-state index contributed by atoms with van der Waals surface area (Å²) in [5.74, 6) is -0.505. The first-order chi connectivity index (χ1) is 13.1. The average molecular weight is 368 g/mol. The molecule has 2 aromatic rings. The zero-order valence-electron chi connectivity index (χ0n) is 15.2. The third-order valence-electron chi connectivity index (χ3n) is 4.79. The number of carboxylic acids is 1. The lowest BCUT2D eigenvalue weighted by Gasteiger charge is -2.35. The molecule has 1 N–H and O–H groups in total. The van der Waals surface area contributed by atoms with Crippen LogP contribution in [0.4, 0.5) is 0 Å². The molecule has 0 radical (unpaired) electrons. The molecule has 1 aliphatic rings. The van der Waals surface area contributed by atoms with Gasteiger partial charge >= 0.3 is 5.97 Å². The van der Waals surface area contributed by atoms with Gasteiger partial charge in [-0.3, -0.25) is 9.59 Å². The van der Waals surface area contributed by atoms with E-state index in [-0.39, 0.29) is 18.4 Å². The number of nitrogens with zero attached hydrogens (tertiary/aromatic N) is 2. The SMILES string of the molecule is O=C(O)CCC1CCCCN1C(=O)c1ccnc(OCc2ccccc2)c1. The monoisotopic (exact) mass is 368 g/mol. The summed E-state index contributed by atoms with van der Waals surface area (Å²) in [6, 6.07) is 13.1. The van der Waals surface area contributed by atoms with Crippen LogP contribution in [0.15, 0.2) is 48.7 Å². The van der Waals surface area contributed by atoms with Crippen LogP contribution in [0.5, 0.6) is 5.88 Å². The number of benzene rings is 1. The Kier molecular flexibility index (Phi) is 6.41. The second kappa shape index (κ2) is 9.16. The van der Waals surface area contributed by atoms with Crippen LogP contribution in [0.2, 0.25) is 0 Å². The fraction of sp³-hybridized carbons (Fsp3) is 0.381. The van der Waals surface area contributed by atoms with E-state index < -0.39 is 5.97 Å². The van der Waals surface area contributed by atoms with Crippen LogP contribution in [0, 0.1) is 0 Å². The van der Waals surface area contributed by atoms with Crippen molar-refractivity contribution in [3.8, 4) is 5.88 Å². The van der Waals surface area contributed by atoms with Crippen molar-refractivity contribution in [1.82, 2.24) is 9.88 Å². The molecule has 6 nitrogen and oxygen atoms in total. The Labute approximate surface area is 158 Å². The van der Waals surface area contributed by atoms with Crippen LogP contribution in [-0.2, 0) is 11.4 Å². The molecular formula is C21H24N2O4. The lowest BCUT2D eigenvalue weighted by Crippen LogP contribution is -2.44. The Morgan fingerprint density at radius 2 is 2.00 bits per heavy atom. The van der Waals surface area contributed by atoms with Crippen LogP contribution >= 0.6 is 0 Å². The maximum absolute atomic E-state index is 13.0.